The van der Waals surface area contributed by atoms with Crippen molar-refractivity contribution in [3.8, 4) is 16.2 Å². The van der Waals surface area contributed by atoms with E-state index < -0.39 is 56.3 Å². The summed E-state index contributed by atoms with van der Waals surface area (Å²) in [5.41, 5.74) is -5.90. The van der Waals surface area contributed by atoms with E-state index in [9.17, 15) is 45.9 Å². The molecular weight excluding hydrogens is 869 g/mol. The van der Waals surface area contributed by atoms with Crippen LogP contribution in [0.2, 0.25) is 4.34 Å². The van der Waals surface area contributed by atoms with Crippen molar-refractivity contribution in [2.75, 3.05) is 10.6 Å². The predicted molar refractivity (Wildman–Crippen MR) is 213 cm³/mol. The van der Waals surface area contributed by atoms with Crippen molar-refractivity contribution in [3.05, 3.63) is 111 Å². The lowest BCUT2D eigenvalue weighted by Gasteiger charge is -2.20. The molecule has 0 radical (unpaired) electrons. The Labute approximate surface area is 342 Å². The molecule has 0 aliphatic rings. The molecule has 0 unspecified atom stereocenters. The number of carboxylic acid groups (broad SMARTS) is 1. The Morgan fingerprint density at radius 1 is 0.776 bits per heavy atom. The largest absolute Gasteiger partial charge is 0.534 e. The summed E-state index contributed by atoms with van der Waals surface area (Å²) in [5, 5.41) is 18.5. The highest BCUT2D eigenvalue weighted by Gasteiger charge is 2.49. The first-order valence-corrected chi connectivity index (χ1v) is 20.6. The molecule has 0 fully saturated rings. The van der Waals surface area contributed by atoms with Crippen LogP contribution in [0, 0.1) is 0 Å². The number of carbonyl (C=O) groups is 4. The standard InChI is InChI=1S/C19H16F3NO7S2.C18H10ClNO4S2/c1-18(2,3)29-17(25)14-13(30-32(26,27)19(20,21)22)9-31-16(14)23-15(24)12-8-10-6-4-5-7-11(10)28-12;19-14-6-5-13(26-14)10-8-25-17(15(10)18(22)23)20-16(21)12-7-9-3-1-2-4-11(9)24-12/h4-9H,1-3H3,(H,23,24);1-8H,(H,20,21)(H,22,23). The lowest BCUT2D eigenvalue weighted by atomic mass is 10.1. The fourth-order valence-electron chi connectivity index (χ4n) is 5.00. The Kier molecular flexibility index (Phi) is 11.8. The summed E-state index contributed by atoms with van der Waals surface area (Å²) >= 11 is 8.95. The van der Waals surface area contributed by atoms with Crippen LogP contribution in [0.3, 0.4) is 0 Å². The normalized spacial score (nSPS) is 11.8. The van der Waals surface area contributed by atoms with Gasteiger partial charge in [-0.25, -0.2) is 9.59 Å². The Morgan fingerprint density at radius 3 is 1.76 bits per heavy atom. The van der Waals surface area contributed by atoms with Crippen LogP contribution in [0.1, 0.15) is 62.6 Å². The number of benzene rings is 2. The quantitative estimate of drug-likeness (QED) is 0.0710. The van der Waals surface area contributed by atoms with Gasteiger partial charge in [0, 0.05) is 32.0 Å². The molecular formula is C37H26ClF3N2O11S4. The first-order valence-electron chi connectivity index (χ1n) is 16.3. The zero-order valence-electron chi connectivity index (χ0n) is 29.8. The van der Waals surface area contributed by atoms with Gasteiger partial charge >= 0.3 is 27.6 Å². The third-order valence-corrected chi connectivity index (χ3v) is 11.4. The molecule has 13 nitrogen and oxygen atoms in total. The first-order chi connectivity index (χ1) is 27.2. The number of thiophene rings is 3. The lowest BCUT2D eigenvalue weighted by Crippen LogP contribution is -2.29. The molecule has 0 saturated heterocycles. The number of ether oxygens (including phenoxy) is 1. The second-order valence-electron chi connectivity index (χ2n) is 12.8. The number of rotatable bonds is 9. The van der Waals surface area contributed by atoms with Gasteiger partial charge in [0.1, 0.15) is 37.9 Å². The van der Waals surface area contributed by atoms with Crippen LogP contribution in [-0.2, 0) is 14.9 Å². The van der Waals surface area contributed by atoms with Crippen molar-refractivity contribution >= 4 is 111 Å². The predicted octanol–water partition coefficient (Wildman–Crippen LogP) is 10.8. The molecule has 5 aromatic heterocycles. The molecule has 0 aliphatic carbocycles. The van der Waals surface area contributed by atoms with E-state index >= 15 is 0 Å². The minimum atomic E-state index is -6.07. The van der Waals surface area contributed by atoms with Gasteiger partial charge in [0.2, 0.25) is 0 Å². The molecule has 7 rings (SSSR count). The van der Waals surface area contributed by atoms with Gasteiger partial charge < -0.3 is 33.5 Å². The number of anilines is 2. The minimum absolute atomic E-state index is 0.0398. The molecule has 0 atom stereocenters. The number of furan rings is 2. The van der Waals surface area contributed by atoms with Crippen LogP contribution >= 0.6 is 45.6 Å². The number of aromatic carboxylic acids is 1. The molecule has 58 heavy (non-hydrogen) atoms. The van der Waals surface area contributed by atoms with E-state index in [1.807, 2.05) is 18.2 Å². The second-order valence-corrected chi connectivity index (χ2v) is 17.8. The number of alkyl halides is 3. The average molecular weight is 895 g/mol. The van der Waals surface area contributed by atoms with Crippen LogP contribution in [0.25, 0.3) is 32.4 Å². The maximum absolute atomic E-state index is 12.8. The van der Waals surface area contributed by atoms with Gasteiger partial charge in [-0.2, -0.15) is 21.6 Å². The van der Waals surface area contributed by atoms with Crippen LogP contribution in [0.4, 0.5) is 23.2 Å². The molecule has 0 aliphatic heterocycles. The van der Waals surface area contributed by atoms with Crippen molar-refractivity contribution in [3.63, 3.8) is 0 Å². The highest BCUT2D eigenvalue weighted by molar-refractivity contribution is 7.88. The molecule has 5 heterocycles. The highest BCUT2D eigenvalue weighted by Crippen LogP contribution is 2.41. The smallest absolute Gasteiger partial charge is 0.478 e. The number of nitrogens with one attached hydrogen (secondary N) is 2. The van der Waals surface area contributed by atoms with E-state index in [1.54, 1.807) is 53.9 Å². The van der Waals surface area contributed by atoms with Crippen LogP contribution < -0.4 is 14.8 Å². The molecule has 2 amide bonds. The summed E-state index contributed by atoms with van der Waals surface area (Å²) in [6.45, 7) is 4.49. The molecule has 2 aromatic carbocycles. The molecule has 3 N–H and O–H groups in total. The number of carbonyl (C=O) groups excluding carboxylic acids is 3. The van der Waals surface area contributed by atoms with Crippen LogP contribution in [0.15, 0.2) is 92.4 Å². The summed E-state index contributed by atoms with van der Waals surface area (Å²) in [6, 6.07) is 20.5. The number of amides is 2. The summed E-state index contributed by atoms with van der Waals surface area (Å²) in [7, 11) is -6.07. The Bertz CT molecular complexity index is 2740. The number of halogens is 4. The van der Waals surface area contributed by atoms with E-state index in [-0.39, 0.29) is 27.1 Å². The monoisotopic (exact) mass is 894 g/mol. The number of hydrogen-bond donors (Lipinski definition) is 3. The number of hydrogen-bond acceptors (Lipinski definition) is 13. The molecule has 0 spiro atoms. The lowest BCUT2D eigenvalue weighted by molar-refractivity contribution is -0.0501. The Morgan fingerprint density at radius 2 is 1.29 bits per heavy atom. The van der Waals surface area contributed by atoms with E-state index in [1.165, 1.54) is 38.2 Å². The third-order valence-electron chi connectivity index (χ3n) is 7.44. The van der Waals surface area contributed by atoms with Gasteiger partial charge in [-0.15, -0.1) is 34.0 Å². The van der Waals surface area contributed by atoms with Crippen molar-refractivity contribution < 1.29 is 63.6 Å². The number of fused-ring (bicyclic) bond motifs is 2. The van der Waals surface area contributed by atoms with E-state index in [4.69, 9.17) is 25.2 Å². The third kappa shape index (κ3) is 9.37. The number of para-hydroxylation sites is 2. The molecule has 21 heteroatoms. The average Bonchev–Trinajstić information content (AvgIpc) is 3.97. The van der Waals surface area contributed by atoms with Crippen LogP contribution in [0.5, 0.6) is 5.75 Å². The molecule has 7 aromatic rings. The zero-order valence-corrected chi connectivity index (χ0v) is 33.8. The minimum Gasteiger partial charge on any atom is -0.478 e. The van der Waals surface area contributed by atoms with E-state index in [2.05, 4.69) is 14.8 Å². The topological polar surface area (TPSA) is 191 Å². The van der Waals surface area contributed by atoms with Crippen molar-refractivity contribution in [2.24, 2.45) is 0 Å². The van der Waals surface area contributed by atoms with Crippen molar-refractivity contribution in [1.82, 2.24) is 0 Å². The maximum atomic E-state index is 12.8. The van der Waals surface area contributed by atoms with Gasteiger partial charge in [-0.05, 0) is 57.2 Å². The van der Waals surface area contributed by atoms with Crippen molar-refractivity contribution in [1.29, 1.82) is 0 Å². The van der Waals surface area contributed by atoms with Gasteiger partial charge in [0.05, 0.1) is 4.34 Å². The SMILES string of the molecule is CC(C)(C)OC(=O)c1c(OS(=O)(=O)C(F)(F)F)csc1NC(=O)c1cc2ccccc2o1.O=C(Nc1scc(-c2ccc(Cl)s2)c1C(=O)O)c1cc2ccccc2o1. The molecule has 0 bridgehead atoms. The number of esters is 1. The summed E-state index contributed by atoms with van der Waals surface area (Å²) in [4.78, 5) is 50.2. The van der Waals surface area contributed by atoms with Crippen molar-refractivity contribution in [2.45, 2.75) is 31.9 Å². The van der Waals surface area contributed by atoms with Gasteiger partial charge in [0.15, 0.2) is 17.3 Å². The van der Waals surface area contributed by atoms with Gasteiger partial charge in [0.25, 0.3) is 11.8 Å². The fourth-order valence-corrected chi connectivity index (χ4v) is 8.46. The van der Waals surface area contributed by atoms with E-state index in [0.717, 1.165) is 27.0 Å². The second kappa shape index (κ2) is 16.3. The summed E-state index contributed by atoms with van der Waals surface area (Å²) in [6.07, 6.45) is 0. The van der Waals surface area contributed by atoms with E-state index in [0.29, 0.717) is 37.8 Å². The Hall–Kier alpha value is -5.67. The van der Waals surface area contributed by atoms with Crippen LogP contribution in [-0.4, -0.2) is 48.4 Å². The molecule has 0 saturated carbocycles. The van der Waals surface area contributed by atoms with Gasteiger partial charge in [-0.1, -0.05) is 48.0 Å². The summed E-state index contributed by atoms with van der Waals surface area (Å²) < 4.78 is 81.9. The first kappa shape index (κ1) is 41.9. The number of carboxylic acids is 1. The fraction of sp³-hybridized carbons (Fsp3) is 0.135. The zero-order chi connectivity index (χ0) is 42.2. The maximum Gasteiger partial charge on any atom is 0.534 e. The summed E-state index contributed by atoms with van der Waals surface area (Å²) in [5.74, 6) is -4.57. The van der Waals surface area contributed by atoms with Gasteiger partial charge in [-0.3, -0.25) is 9.59 Å². The Balaban J connectivity index is 0.000000199. The highest BCUT2D eigenvalue weighted by atomic mass is 35.5. The molecule has 302 valence electrons.